The topological polar surface area (TPSA) is 49.4 Å². The normalized spacial score (nSPS) is 12.1. The summed E-state index contributed by atoms with van der Waals surface area (Å²) in [6.07, 6.45) is 0.370. The van der Waals surface area contributed by atoms with Gasteiger partial charge in [0.05, 0.1) is 5.75 Å². The molecule has 1 N–H and O–H groups in total. The molecule has 1 unspecified atom stereocenters. The molecule has 7 heteroatoms. The van der Waals surface area contributed by atoms with E-state index in [0.717, 1.165) is 16.7 Å². The standard InChI is InChI=1S/C29H32ClFN2O2S/c1-29(2,3)32-28(35)26(17-21-8-5-4-6-9-21)33(18-22-12-14-25(31)15-13-22)27(34)20-36-19-23-10-7-11-24(30)16-23/h4-16,26H,17-20H2,1-3H3,(H,32,35). The molecular weight excluding hydrogens is 495 g/mol. The fraction of sp³-hybridized carbons (Fsp3) is 0.310. The maximum Gasteiger partial charge on any atom is 0.243 e. The van der Waals surface area contributed by atoms with E-state index in [1.54, 1.807) is 17.0 Å². The quantitative estimate of drug-likeness (QED) is 0.339. The highest BCUT2D eigenvalue weighted by Crippen LogP contribution is 2.20. The first-order chi connectivity index (χ1) is 17.1. The lowest BCUT2D eigenvalue weighted by Gasteiger charge is -2.34. The van der Waals surface area contributed by atoms with Gasteiger partial charge in [0.25, 0.3) is 0 Å². The summed E-state index contributed by atoms with van der Waals surface area (Å²) in [7, 11) is 0. The van der Waals surface area contributed by atoms with Crippen LogP contribution >= 0.6 is 23.4 Å². The molecule has 0 saturated heterocycles. The summed E-state index contributed by atoms with van der Waals surface area (Å²) in [6.45, 7) is 5.94. The molecule has 0 aromatic heterocycles. The Kier molecular flexibility index (Phi) is 9.97. The van der Waals surface area contributed by atoms with Crippen LogP contribution in [0.25, 0.3) is 0 Å². The van der Waals surface area contributed by atoms with Crippen molar-refractivity contribution < 1.29 is 14.0 Å². The Morgan fingerprint density at radius 3 is 2.25 bits per heavy atom. The van der Waals surface area contributed by atoms with Crippen molar-refractivity contribution >= 4 is 35.2 Å². The maximum atomic E-state index is 13.6. The molecule has 0 aliphatic heterocycles. The molecule has 3 aromatic rings. The number of nitrogens with one attached hydrogen (secondary N) is 1. The van der Waals surface area contributed by atoms with Crippen molar-refractivity contribution in [1.82, 2.24) is 10.2 Å². The van der Waals surface area contributed by atoms with Gasteiger partial charge in [0.2, 0.25) is 11.8 Å². The van der Waals surface area contributed by atoms with E-state index in [4.69, 9.17) is 11.6 Å². The van der Waals surface area contributed by atoms with Gasteiger partial charge >= 0.3 is 0 Å². The summed E-state index contributed by atoms with van der Waals surface area (Å²) in [5.41, 5.74) is 2.27. The van der Waals surface area contributed by atoms with Crippen molar-refractivity contribution in [3.63, 3.8) is 0 Å². The molecule has 0 fully saturated rings. The molecule has 190 valence electrons. The molecule has 0 bridgehead atoms. The number of nitrogens with zero attached hydrogens (tertiary/aromatic N) is 1. The SMILES string of the molecule is CC(C)(C)NC(=O)C(Cc1ccccc1)N(Cc1ccc(F)cc1)C(=O)CSCc1cccc(Cl)c1. The van der Waals surface area contributed by atoms with Gasteiger partial charge in [-0.3, -0.25) is 9.59 Å². The van der Waals surface area contributed by atoms with Crippen LogP contribution in [0.15, 0.2) is 78.9 Å². The lowest BCUT2D eigenvalue weighted by atomic mass is 10.0. The van der Waals surface area contributed by atoms with Crippen LogP contribution in [0.1, 0.15) is 37.5 Å². The second-order valence-electron chi connectivity index (χ2n) is 9.72. The number of amides is 2. The monoisotopic (exact) mass is 526 g/mol. The Bertz CT molecular complexity index is 1150. The van der Waals surface area contributed by atoms with Crippen LogP contribution < -0.4 is 5.32 Å². The second-order valence-corrected chi connectivity index (χ2v) is 11.1. The van der Waals surface area contributed by atoms with E-state index >= 15 is 0 Å². The molecule has 0 heterocycles. The van der Waals surface area contributed by atoms with Crippen LogP contribution in [0.3, 0.4) is 0 Å². The Balaban J connectivity index is 1.86. The number of thioether (sulfide) groups is 1. The number of benzene rings is 3. The summed E-state index contributed by atoms with van der Waals surface area (Å²) in [5, 5.41) is 3.70. The molecule has 1 atom stereocenters. The molecule has 0 aliphatic carbocycles. The largest absolute Gasteiger partial charge is 0.350 e. The smallest absolute Gasteiger partial charge is 0.243 e. The zero-order valence-electron chi connectivity index (χ0n) is 20.8. The minimum absolute atomic E-state index is 0.156. The number of hydrogen-bond acceptors (Lipinski definition) is 3. The van der Waals surface area contributed by atoms with E-state index in [0.29, 0.717) is 17.2 Å². The summed E-state index contributed by atoms with van der Waals surface area (Å²) >= 11 is 7.56. The first kappa shape index (κ1) is 27.8. The Morgan fingerprint density at radius 1 is 0.944 bits per heavy atom. The zero-order valence-corrected chi connectivity index (χ0v) is 22.4. The first-order valence-corrected chi connectivity index (χ1v) is 13.4. The van der Waals surface area contributed by atoms with Gasteiger partial charge in [-0.15, -0.1) is 11.8 Å². The van der Waals surface area contributed by atoms with E-state index in [2.05, 4.69) is 5.32 Å². The average Bonchev–Trinajstić information content (AvgIpc) is 2.82. The average molecular weight is 527 g/mol. The van der Waals surface area contributed by atoms with Crippen molar-refractivity contribution in [3.05, 3.63) is 106 Å². The van der Waals surface area contributed by atoms with Gasteiger partial charge in [-0.1, -0.05) is 66.2 Å². The fourth-order valence-electron chi connectivity index (χ4n) is 3.76. The van der Waals surface area contributed by atoms with Crippen molar-refractivity contribution in [2.24, 2.45) is 0 Å². The molecule has 4 nitrogen and oxygen atoms in total. The fourth-order valence-corrected chi connectivity index (χ4v) is 4.83. The van der Waals surface area contributed by atoms with Crippen molar-refractivity contribution in [1.29, 1.82) is 0 Å². The van der Waals surface area contributed by atoms with Crippen LogP contribution in [0.2, 0.25) is 5.02 Å². The number of rotatable bonds is 10. The Labute approximate surface area is 222 Å². The summed E-state index contributed by atoms with van der Waals surface area (Å²) in [4.78, 5) is 28.7. The van der Waals surface area contributed by atoms with E-state index < -0.39 is 11.6 Å². The van der Waals surface area contributed by atoms with Crippen molar-refractivity contribution in [2.45, 2.75) is 51.1 Å². The van der Waals surface area contributed by atoms with Crippen molar-refractivity contribution in [3.8, 4) is 0 Å². The molecule has 0 aliphatic rings. The predicted octanol–water partition coefficient (Wildman–Crippen LogP) is 6.27. The highest BCUT2D eigenvalue weighted by atomic mass is 35.5. The first-order valence-electron chi connectivity index (χ1n) is 11.8. The van der Waals surface area contributed by atoms with Crippen LogP contribution in [0, 0.1) is 5.82 Å². The van der Waals surface area contributed by atoms with Gasteiger partial charge in [0, 0.05) is 29.3 Å². The number of halogens is 2. The summed E-state index contributed by atoms with van der Waals surface area (Å²) in [5.74, 6) is 0.0914. The van der Waals surface area contributed by atoms with E-state index in [1.807, 2.05) is 75.4 Å². The minimum atomic E-state index is -0.726. The van der Waals surface area contributed by atoms with Gasteiger partial charge in [-0.2, -0.15) is 0 Å². The Morgan fingerprint density at radius 2 is 1.61 bits per heavy atom. The maximum absolute atomic E-state index is 13.6. The van der Waals surface area contributed by atoms with Gasteiger partial charge in [0.1, 0.15) is 11.9 Å². The molecule has 0 radical (unpaired) electrons. The van der Waals surface area contributed by atoms with Gasteiger partial charge in [-0.25, -0.2) is 4.39 Å². The number of carbonyl (C=O) groups is 2. The van der Waals surface area contributed by atoms with Gasteiger partial charge in [0.15, 0.2) is 0 Å². The van der Waals surface area contributed by atoms with E-state index in [-0.39, 0.29) is 29.9 Å². The van der Waals surface area contributed by atoms with E-state index in [9.17, 15) is 14.0 Å². The van der Waals surface area contributed by atoms with Crippen LogP contribution in [0.5, 0.6) is 0 Å². The predicted molar refractivity (Wildman–Crippen MR) is 146 cm³/mol. The highest BCUT2D eigenvalue weighted by Gasteiger charge is 2.32. The number of hydrogen-bond donors (Lipinski definition) is 1. The lowest BCUT2D eigenvalue weighted by Crippen LogP contribution is -2.54. The van der Waals surface area contributed by atoms with E-state index in [1.165, 1.54) is 23.9 Å². The van der Waals surface area contributed by atoms with Gasteiger partial charge < -0.3 is 10.2 Å². The number of carbonyl (C=O) groups excluding carboxylic acids is 2. The second kappa shape index (κ2) is 12.9. The third-order valence-corrected chi connectivity index (χ3v) is 6.64. The van der Waals surface area contributed by atoms with Crippen LogP contribution in [-0.4, -0.2) is 34.0 Å². The van der Waals surface area contributed by atoms with Gasteiger partial charge in [-0.05, 0) is 61.7 Å². The van der Waals surface area contributed by atoms with Crippen LogP contribution in [0.4, 0.5) is 4.39 Å². The summed E-state index contributed by atoms with van der Waals surface area (Å²) in [6, 6.07) is 22.5. The third kappa shape index (κ3) is 8.99. The lowest BCUT2D eigenvalue weighted by molar-refractivity contribution is -0.140. The van der Waals surface area contributed by atoms with Crippen molar-refractivity contribution in [2.75, 3.05) is 5.75 Å². The molecule has 0 saturated carbocycles. The molecule has 3 aromatic carbocycles. The third-order valence-electron chi connectivity index (χ3n) is 5.42. The van der Waals surface area contributed by atoms with Crippen LogP contribution in [-0.2, 0) is 28.3 Å². The molecule has 3 rings (SSSR count). The molecule has 0 spiro atoms. The minimum Gasteiger partial charge on any atom is -0.350 e. The Hall–Kier alpha value is -2.83. The molecule has 36 heavy (non-hydrogen) atoms. The summed E-state index contributed by atoms with van der Waals surface area (Å²) < 4.78 is 13.5. The molecular formula is C29H32ClFN2O2S. The zero-order chi connectivity index (χ0) is 26.1. The highest BCUT2D eigenvalue weighted by molar-refractivity contribution is 7.99. The molecule has 2 amide bonds.